The number of halogens is 1. The highest BCUT2D eigenvalue weighted by atomic mass is 19.1. The summed E-state index contributed by atoms with van der Waals surface area (Å²) in [6.45, 7) is 6.19. The maximum absolute atomic E-state index is 13.7. The van der Waals surface area contributed by atoms with E-state index in [-0.39, 0.29) is 29.0 Å². The monoisotopic (exact) mass is 356 g/mol. The lowest BCUT2D eigenvalue weighted by Crippen LogP contribution is -2.30. The van der Waals surface area contributed by atoms with E-state index in [4.69, 9.17) is 4.74 Å². The topological polar surface area (TPSA) is 92.3 Å². The van der Waals surface area contributed by atoms with Crippen LogP contribution < -0.4 is 10.3 Å². The second-order valence-corrected chi connectivity index (χ2v) is 5.57. The minimum Gasteiger partial charge on any atom is -0.494 e. The summed E-state index contributed by atoms with van der Waals surface area (Å²) in [6, 6.07) is 7.34. The van der Waals surface area contributed by atoms with Crippen molar-refractivity contribution in [3.05, 3.63) is 69.8 Å². The number of allylic oxidation sites excluding steroid dienone is 1. The van der Waals surface area contributed by atoms with Crippen LogP contribution in [0.5, 0.6) is 11.6 Å². The lowest BCUT2D eigenvalue weighted by molar-refractivity contribution is 0.0807. The maximum Gasteiger partial charge on any atom is 0.271 e. The summed E-state index contributed by atoms with van der Waals surface area (Å²) in [5, 5.41) is 19.6. The molecule has 0 spiro atoms. The number of carbonyl (C=O) groups excluding carboxylic acids is 1. The van der Waals surface area contributed by atoms with Crippen LogP contribution in [-0.4, -0.2) is 21.6 Å². The van der Waals surface area contributed by atoms with Gasteiger partial charge in [-0.25, -0.2) is 4.39 Å². The third-order valence-electron chi connectivity index (χ3n) is 3.87. The highest BCUT2D eigenvalue weighted by molar-refractivity contribution is 6.03. The fraction of sp³-hybridized carbons (Fsp3) is 0.211. The molecule has 0 bridgehead atoms. The van der Waals surface area contributed by atoms with Gasteiger partial charge in [-0.3, -0.25) is 14.2 Å². The highest BCUT2D eigenvalue weighted by Crippen LogP contribution is 2.25. The molecule has 0 aliphatic heterocycles. The molecule has 1 unspecified atom stereocenters. The molecule has 1 aromatic carbocycles. The quantitative estimate of drug-likeness (QED) is 0.635. The van der Waals surface area contributed by atoms with E-state index in [1.807, 2.05) is 0 Å². The first-order valence-corrected chi connectivity index (χ1v) is 7.76. The van der Waals surface area contributed by atoms with Crippen LogP contribution in [0, 0.1) is 24.1 Å². The number of para-hydroxylation sites is 1. The molecular formula is C19H17FN2O4. The number of nitrogens with zero attached hydrogens (tertiary/aromatic N) is 2. The fourth-order valence-corrected chi connectivity index (χ4v) is 2.53. The number of hydrogen-bond acceptors (Lipinski definition) is 5. The second kappa shape index (κ2) is 7.66. The SMILES string of the molecule is C=CCn1c(O)c(C(=O)C(C)Oc2ccccc2F)c(C)c(C#N)c1=O. The molecule has 0 aliphatic rings. The van der Waals surface area contributed by atoms with Gasteiger partial charge in [0.05, 0.1) is 5.56 Å². The predicted octanol–water partition coefficient (Wildman–Crippen LogP) is 2.71. The third kappa shape index (κ3) is 3.35. The van der Waals surface area contributed by atoms with Gasteiger partial charge >= 0.3 is 0 Å². The van der Waals surface area contributed by atoms with Crippen LogP contribution in [0.25, 0.3) is 0 Å². The van der Waals surface area contributed by atoms with Gasteiger partial charge in [0.25, 0.3) is 5.56 Å². The number of aromatic nitrogens is 1. The third-order valence-corrected chi connectivity index (χ3v) is 3.87. The number of nitriles is 1. The Hall–Kier alpha value is -3.40. The maximum atomic E-state index is 13.7. The van der Waals surface area contributed by atoms with E-state index in [2.05, 4.69) is 6.58 Å². The number of ether oxygens (including phenoxy) is 1. The molecule has 0 radical (unpaired) electrons. The summed E-state index contributed by atoms with van der Waals surface area (Å²) in [5.41, 5.74) is -1.15. The number of Topliss-reactive ketones (excluding diaryl/α,β-unsaturated/α-hetero) is 1. The Bertz CT molecular complexity index is 973. The van der Waals surface area contributed by atoms with Crippen molar-refractivity contribution in [3.63, 3.8) is 0 Å². The van der Waals surface area contributed by atoms with Crippen LogP contribution in [-0.2, 0) is 6.54 Å². The molecule has 0 saturated carbocycles. The number of hydrogen-bond donors (Lipinski definition) is 1. The van der Waals surface area contributed by atoms with Crippen LogP contribution in [0.15, 0.2) is 41.7 Å². The van der Waals surface area contributed by atoms with Gasteiger partial charge in [-0.1, -0.05) is 18.2 Å². The van der Waals surface area contributed by atoms with Crippen molar-refractivity contribution >= 4 is 5.78 Å². The minimum absolute atomic E-state index is 0.0456. The Kier molecular flexibility index (Phi) is 5.58. The Labute approximate surface area is 149 Å². The summed E-state index contributed by atoms with van der Waals surface area (Å²) in [7, 11) is 0. The standard InChI is InChI=1S/C19H17FN2O4/c1-4-9-22-18(24)13(10-21)11(2)16(19(22)25)17(23)12(3)26-15-8-6-5-7-14(15)20/h4-8,12,25H,1,9H2,2-3H3. The van der Waals surface area contributed by atoms with Crippen molar-refractivity contribution < 1.29 is 19.0 Å². The second-order valence-electron chi connectivity index (χ2n) is 5.57. The van der Waals surface area contributed by atoms with E-state index in [0.29, 0.717) is 0 Å². The van der Waals surface area contributed by atoms with Gasteiger partial charge in [0.15, 0.2) is 17.7 Å². The smallest absolute Gasteiger partial charge is 0.271 e. The van der Waals surface area contributed by atoms with Crippen LogP contribution in [0.2, 0.25) is 0 Å². The number of benzene rings is 1. The first-order valence-electron chi connectivity index (χ1n) is 7.76. The van der Waals surface area contributed by atoms with Gasteiger partial charge in [0.2, 0.25) is 11.7 Å². The van der Waals surface area contributed by atoms with Gasteiger partial charge in [-0.05, 0) is 31.5 Å². The molecule has 1 atom stereocenters. The van der Waals surface area contributed by atoms with Gasteiger partial charge in [-0.15, -0.1) is 6.58 Å². The molecule has 1 heterocycles. The number of aromatic hydroxyl groups is 1. The summed E-state index contributed by atoms with van der Waals surface area (Å²) >= 11 is 0. The lowest BCUT2D eigenvalue weighted by atomic mass is 9.99. The molecule has 1 aromatic heterocycles. The first-order chi connectivity index (χ1) is 12.3. The Morgan fingerprint density at radius 1 is 1.50 bits per heavy atom. The largest absolute Gasteiger partial charge is 0.494 e. The van der Waals surface area contributed by atoms with Crippen LogP contribution in [0.1, 0.15) is 28.4 Å². The molecule has 2 aromatic rings. The number of carbonyl (C=O) groups is 1. The Balaban J connectivity index is 2.53. The van der Waals surface area contributed by atoms with Gasteiger partial charge in [-0.2, -0.15) is 5.26 Å². The summed E-state index contributed by atoms with van der Waals surface area (Å²) < 4.78 is 20.0. The summed E-state index contributed by atoms with van der Waals surface area (Å²) in [6.07, 6.45) is 0.197. The molecule has 134 valence electrons. The van der Waals surface area contributed by atoms with E-state index in [0.717, 1.165) is 4.57 Å². The zero-order chi connectivity index (χ0) is 19.4. The number of rotatable bonds is 6. The van der Waals surface area contributed by atoms with Crippen molar-refractivity contribution in [3.8, 4) is 17.7 Å². The summed E-state index contributed by atoms with van der Waals surface area (Å²) in [5.74, 6) is -2.02. The van der Waals surface area contributed by atoms with Gasteiger partial charge in [0.1, 0.15) is 11.6 Å². The van der Waals surface area contributed by atoms with E-state index in [1.54, 1.807) is 12.1 Å². The van der Waals surface area contributed by atoms with Crippen LogP contribution in [0.4, 0.5) is 4.39 Å². The first kappa shape index (κ1) is 18.9. The molecule has 2 rings (SSSR count). The number of ketones is 1. The van der Waals surface area contributed by atoms with E-state index >= 15 is 0 Å². The molecule has 6 nitrogen and oxygen atoms in total. The Morgan fingerprint density at radius 2 is 2.15 bits per heavy atom. The van der Waals surface area contributed by atoms with E-state index < -0.39 is 29.1 Å². The van der Waals surface area contributed by atoms with Gasteiger partial charge in [0, 0.05) is 6.54 Å². The summed E-state index contributed by atoms with van der Waals surface area (Å²) in [4.78, 5) is 25.0. The molecule has 1 N–H and O–H groups in total. The minimum atomic E-state index is -1.15. The van der Waals surface area contributed by atoms with Crippen molar-refractivity contribution in [1.82, 2.24) is 4.57 Å². The normalized spacial score (nSPS) is 11.5. The molecule has 0 fully saturated rings. The van der Waals surface area contributed by atoms with Crippen molar-refractivity contribution in [1.29, 1.82) is 5.26 Å². The van der Waals surface area contributed by atoms with Gasteiger partial charge < -0.3 is 9.84 Å². The molecular weight excluding hydrogens is 339 g/mol. The van der Waals surface area contributed by atoms with Crippen molar-refractivity contribution in [2.75, 3.05) is 0 Å². The highest BCUT2D eigenvalue weighted by Gasteiger charge is 2.28. The molecule has 7 heteroatoms. The molecule has 0 saturated heterocycles. The zero-order valence-corrected chi connectivity index (χ0v) is 14.3. The molecule has 0 aliphatic carbocycles. The van der Waals surface area contributed by atoms with Crippen molar-refractivity contribution in [2.24, 2.45) is 0 Å². The predicted molar refractivity (Wildman–Crippen MR) is 92.8 cm³/mol. The van der Waals surface area contributed by atoms with E-state index in [9.17, 15) is 24.3 Å². The average molecular weight is 356 g/mol. The van der Waals surface area contributed by atoms with E-state index in [1.165, 1.54) is 38.1 Å². The number of pyridine rings is 1. The molecule has 26 heavy (non-hydrogen) atoms. The fourth-order valence-electron chi connectivity index (χ4n) is 2.53. The van der Waals surface area contributed by atoms with Crippen molar-refractivity contribution in [2.45, 2.75) is 26.5 Å². The lowest BCUT2D eigenvalue weighted by Gasteiger charge is -2.18. The van der Waals surface area contributed by atoms with Crippen LogP contribution >= 0.6 is 0 Å². The zero-order valence-electron chi connectivity index (χ0n) is 14.3. The Morgan fingerprint density at radius 3 is 2.73 bits per heavy atom. The van der Waals surface area contributed by atoms with Crippen LogP contribution in [0.3, 0.4) is 0 Å². The average Bonchev–Trinajstić information content (AvgIpc) is 2.61. The molecule has 0 amide bonds.